The highest BCUT2D eigenvalue weighted by atomic mass is 35.5. The molecule has 1 aromatic heterocycles. The van der Waals surface area contributed by atoms with Crippen molar-refractivity contribution >= 4 is 23.2 Å². The minimum absolute atomic E-state index is 0.0294. The number of benzene rings is 2. The Morgan fingerprint density at radius 3 is 2.73 bits per heavy atom. The van der Waals surface area contributed by atoms with Gasteiger partial charge in [-0.05, 0) is 50.5 Å². The lowest BCUT2D eigenvalue weighted by Gasteiger charge is -2.07. The lowest BCUT2D eigenvalue weighted by Crippen LogP contribution is -2.16. The van der Waals surface area contributed by atoms with E-state index in [2.05, 4.69) is 10.4 Å². The number of amides is 1. The summed E-state index contributed by atoms with van der Waals surface area (Å²) in [5.74, 6) is -1.06. The molecule has 1 N–H and O–H groups in total. The quantitative estimate of drug-likeness (QED) is 0.726. The van der Waals surface area contributed by atoms with Gasteiger partial charge >= 0.3 is 0 Å². The Kier molecular flexibility index (Phi) is 4.24. The zero-order chi connectivity index (χ0) is 18.3. The van der Waals surface area contributed by atoms with Crippen molar-refractivity contribution < 1.29 is 9.18 Å². The van der Waals surface area contributed by atoms with Crippen molar-refractivity contribution in [1.29, 1.82) is 0 Å². The Bertz CT molecular complexity index is 995. The molecule has 0 aliphatic heterocycles. The van der Waals surface area contributed by atoms with Crippen molar-refractivity contribution in [3.63, 3.8) is 0 Å². The molecule has 132 valence electrons. The molecule has 0 bridgehead atoms. The number of aryl methyl sites for hydroxylation is 1. The lowest BCUT2D eigenvalue weighted by atomic mass is 10.2. The molecule has 0 saturated heterocycles. The normalized spacial score (nSPS) is 12.9. The van der Waals surface area contributed by atoms with Crippen LogP contribution < -0.4 is 5.32 Å². The van der Waals surface area contributed by atoms with Gasteiger partial charge in [-0.2, -0.15) is 5.10 Å². The molecule has 1 heterocycles. The molecule has 0 radical (unpaired) electrons. The number of aromatic nitrogens is 2. The van der Waals surface area contributed by atoms with Crippen LogP contribution in [0.4, 0.5) is 10.1 Å². The average Bonchev–Trinajstić information content (AvgIpc) is 3.22. The Labute approximate surface area is 155 Å². The molecule has 0 unspecified atom stereocenters. The molecular weight excluding hydrogens is 353 g/mol. The van der Waals surface area contributed by atoms with Gasteiger partial charge in [0, 0.05) is 11.3 Å². The van der Waals surface area contributed by atoms with Gasteiger partial charge in [-0.1, -0.05) is 35.4 Å². The van der Waals surface area contributed by atoms with Crippen molar-refractivity contribution in [2.45, 2.75) is 26.2 Å². The summed E-state index contributed by atoms with van der Waals surface area (Å²) in [6.07, 6.45) is 2.64. The minimum atomic E-state index is -0.642. The van der Waals surface area contributed by atoms with Crippen LogP contribution in [0.15, 0.2) is 42.5 Å². The highest BCUT2D eigenvalue weighted by Crippen LogP contribution is 2.29. The highest BCUT2D eigenvalue weighted by Gasteiger charge is 2.27. The second kappa shape index (κ2) is 6.57. The number of nitrogens with one attached hydrogen (secondary N) is 1. The zero-order valence-electron chi connectivity index (χ0n) is 14.2. The smallest absolute Gasteiger partial charge is 0.276 e. The number of rotatable bonds is 3. The first-order chi connectivity index (χ1) is 12.5. The Hall–Kier alpha value is -2.66. The van der Waals surface area contributed by atoms with E-state index in [9.17, 15) is 9.18 Å². The average molecular weight is 370 g/mol. The number of fused-ring (bicyclic) bond motifs is 1. The topological polar surface area (TPSA) is 46.9 Å². The molecule has 0 fully saturated rings. The molecule has 1 amide bonds. The monoisotopic (exact) mass is 369 g/mol. The predicted octanol–water partition coefficient (Wildman–Crippen LogP) is 4.71. The Balaban J connectivity index is 1.71. The number of hydrogen-bond acceptors (Lipinski definition) is 2. The van der Waals surface area contributed by atoms with E-state index in [1.165, 1.54) is 12.1 Å². The molecule has 4 nitrogen and oxygen atoms in total. The van der Waals surface area contributed by atoms with Crippen LogP contribution in [0.2, 0.25) is 5.02 Å². The fourth-order valence-electron chi connectivity index (χ4n) is 3.30. The Morgan fingerprint density at radius 2 is 1.96 bits per heavy atom. The maximum Gasteiger partial charge on any atom is 0.276 e. The van der Waals surface area contributed by atoms with Crippen LogP contribution in [-0.4, -0.2) is 15.7 Å². The molecule has 3 aromatic rings. The zero-order valence-corrected chi connectivity index (χ0v) is 15.0. The summed E-state index contributed by atoms with van der Waals surface area (Å²) in [6.45, 7) is 2.02. The summed E-state index contributed by atoms with van der Waals surface area (Å²) in [5.41, 5.74) is 4.46. The van der Waals surface area contributed by atoms with Gasteiger partial charge in [0.1, 0.15) is 0 Å². The summed E-state index contributed by atoms with van der Waals surface area (Å²) in [4.78, 5) is 12.7. The molecule has 6 heteroatoms. The lowest BCUT2D eigenvalue weighted by molar-refractivity contribution is 0.102. The second-order valence-electron chi connectivity index (χ2n) is 6.43. The molecule has 0 spiro atoms. The molecule has 26 heavy (non-hydrogen) atoms. The van der Waals surface area contributed by atoms with Gasteiger partial charge in [0.05, 0.1) is 16.4 Å². The first-order valence-electron chi connectivity index (χ1n) is 8.48. The number of halogens is 2. The number of nitrogens with zero attached hydrogens (tertiary/aromatic N) is 2. The van der Waals surface area contributed by atoms with E-state index in [0.717, 1.165) is 41.8 Å². The van der Waals surface area contributed by atoms with E-state index in [0.29, 0.717) is 5.69 Å². The fraction of sp³-hybridized carbons (Fsp3) is 0.200. The molecule has 1 aliphatic carbocycles. The van der Waals surface area contributed by atoms with Crippen molar-refractivity contribution in [1.82, 2.24) is 9.78 Å². The van der Waals surface area contributed by atoms with Crippen LogP contribution >= 0.6 is 11.6 Å². The van der Waals surface area contributed by atoms with Crippen LogP contribution in [0.1, 0.15) is 33.7 Å². The van der Waals surface area contributed by atoms with Gasteiger partial charge in [-0.25, -0.2) is 9.07 Å². The summed E-state index contributed by atoms with van der Waals surface area (Å²) in [6, 6.07) is 12.5. The number of anilines is 1. The number of carbonyl (C=O) groups excluding carboxylic acids is 1. The fourth-order valence-corrected chi connectivity index (χ4v) is 3.48. The van der Waals surface area contributed by atoms with Gasteiger partial charge in [-0.3, -0.25) is 4.79 Å². The summed E-state index contributed by atoms with van der Waals surface area (Å²) in [5, 5.41) is 7.10. The standard InChI is InChI=1S/C20H17ClFN3O/c1-12-8-10-13(11-9-12)25-17-7-2-4-14(17)19(24-25)20(26)23-16-6-3-5-15(21)18(16)22/h3,5-6,8-11H,2,4,7H2,1H3,(H,23,26). The summed E-state index contributed by atoms with van der Waals surface area (Å²) >= 11 is 5.79. The van der Waals surface area contributed by atoms with Gasteiger partial charge in [0.25, 0.3) is 5.91 Å². The van der Waals surface area contributed by atoms with E-state index in [1.54, 1.807) is 6.07 Å². The van der Waals surface area contributed by atoms with Gasteiger partial charge < -0.3 is 5.32 Å². The number of hydrogen-bond donors (Lipinski definition) is 1. The van der Waals surface area contributed by atoms with Gasteiger partial charge in [0.2, 0.25) is 0 Å². The third-order valence-electron chi connectivity index (χ3n) is 4.62. The van der Waals surface area contributed by atoms with E-state index in [4.69, 9.17) is 11.6 Å². The van der Waals surface area contributed by atoms with E-state index >= 15 is 0 Å². The van der Waals surface area contributed by atoms with E-state index < -0.39 is 11.7 Å². The maximum atomic E-state index is 14.1. The van der Waals surface area contributed by atoms with Crippen LogP contribution in [0.3, 0.4) is 0 Å². The SMILES string of the molecule is Cc1ccc(-n2nc(C(=O)Nc3cccc(Cl)c3F)c3c2CCC3)cc1. The van der Waals surface area contributed by atoms with Crippen LogP contribution in [0.5, 0.6) is 0 Å². The maximum absolute atomic E-state index is 14.1. The molecule has 0 atom stereocenters. The van der Waals surface area contributed by atoms with Crippen molar-refractivity contribution in [3.05, 3.63) is 75.8 Å². The van der Waals surface area contributed by atoms with Crippen LogP contribution in [0, 0.1) is 12.7 Å². The molecular formula is C20H17ClFN3O. The third kappa shape index (κ3) is 2.88. The Morgan fingerprint density at radius 1 is 1.19 bits per heavy atom. The predicted molar refractivity (Wildman–Crippen MR) is 99.7 cm³/mol. The van der Waals surface area contributed by atoms with Crippen molar-refractivity contribution in [3.8, 4) is 5.69 Å². The molecule has 1 aliphatic rings. The van der Waals surface area contributed by atoms with Crippen LogP contribution in [-0.2, 0) is 12.8 Å². The van der Waals surface area contributed by atoms with Gasteiger partial charge in [0.15, 0.2) is 11.5 Å². The first-order valence-corrected chi connectivity index (χ1v) is 8.85. The molecule has 2 aromatic carbocycles. The minimum Gasteiger partial charge on any atom is -0.318 e. The first kappa shape index (κ1) is 16.8. The largest absolute Gasteiger partial charge is 0.318 e. The second-order valence-corrected chi connectivity index (χ2v) is 6.84. The summed E-state index contributed by atoms with van der Waals surface area (Å²) < 4.78 is 15.9. The third-order valence-corrected chi connectivity index (χ3v) is 4.92. The van der Waals surface area contributed by atoms with Crippen molar-refractivity contribution in [2.24, 2.45) is 0 Å². The molecule has 4 rings (SSSR count). The van der Waals surface area contributed by atoms with Crippen LogP contribution in [0.25, 0.3) is 5.69 Å². The van der Waals surface area contributed by atoms with Crippen molar-refractivity contribution in [2.75, 3.05) is 5.32 Å². The van der Waals surface area contributed by atoms with E-state index in [1.807, 2.05) is 35.9 Å². The number of carbonyl (C=O) groups is 1. The van der Waals surface area contributed by atoms with Gasteiger partial charge in [-0.15, -0.1) is 0 Å². The summed E-state index contributed by atoms with van der Waals surface area (Å²) in [7, 11) is 0. The highest BCUT2D eigenvalue weighted by molar-refractivity contribution is 6.31. The van der Waals surface area contributed by atoms with E-state index in [-0.39, 0.29) is 10.7 Å². The molecule has 0 saturated carbocycles.